The van der Waals surface area contributed by atoms with Crippen LogP contribution in [0.1, 0.15) is 53.7 Å². The van der Waals surface area contributed by atoms with Gasteiger partial charge >= 0.3 is 0 Å². The van der Waals surface area contributed by atoms with Crippen LogP contribution in [-0.4, -0.2) is 27.8 Å². The summed E-state index contributed by atoms with van der Waals surface area (Å²) in [4.78, 5) is 33.3. The lowest BCUT2D eigenvalue weighted by Gasteiger charge is -2.15. The molecule has 0 aliphatic rings. The number of thiazole rings is 1. The number of fused-ring (bicyclic) bond motifs is 1. The van der Waals surface area contributed by atoms with Crippen LogP contribution in [0.3, 0.4) is 0 Å². The highest BCUT2D eigenvalue weighted by Crippen LogP contribution is 2.24. The zero-order valence-corrected chi connectivity index (χ0v) is 17.5. The van der Waals surface area contributed by atoms with E-state index in [-0.39, 0.29) is 29.2 Å². The summed E-state index contributed by atoms with van der Waals surface area (Å²) in [6, 6.07) is 10.6. The molecular formula is C21H25N5O2S. The molecule has 4 N–H and O–H groups in total. The van der Waals surface area contributed by atoms with E-state index in [1.807, 2.05) is 25.1 Å². The van der Waals surface area contributed by atoms with Gasteiger partial charge in [0.15, 0.2) is 5.13 Å². The van der Waals surface area contributed by atoms with Gasteiger partial charge in [0, 0.05) is 12.6 Å². The number of carbonyl (C=O) groups is 2. The molecule has 2 amide bonds. The number of rotatable bonds is 7. The van der Waals surface area contributed by atoms with Crippen molar-refractivity contribution in [2.75, 3.05) is 5.73 Å². The lowest BCUT2D eigenvalue weighted by Crippen LogP contribution is -2.34. The smallest absolute Gasteiger partial charge is 0.270 e. The van der Waals surface area contributed by atoms with E-state index in [0.29, 0.717) is 17.6 Å². The monoisotopic (exact) mass is 411 g/mol. The maximum absolute atomic E-state index is 12.5. The number of nitrogens with two attached hydrogens (primary N) is 1. The summed E-state index contributed by atoms with van der Waals surface area (Å²) in [6.45, 7) is 6.51. The van der Waals surface area contributed by atoms with Gasteiger partial charge in [0.05, 0.1) is 10.2 Å². The van der Waals surface area contributed by atoms with Crippen LogP contribution in [0.2, 0.25) is 0 Å². The number of carbonyl (C=O) groups excluding carboxylic acids is 2. The predicted molar refractivity (Wildman–Crippen MR) is 116 cm³/mol. The minimum atomic E-state index is -0.334. The van der Waals surface area contributed by atoms with Gasteiger partial charge in [-0.2, -0.15) is 0 Å². The molecule has 7 nitrogen and oxygen atoms in total. The van der Waals surface area contributed by atoms with Crippen LogP contribution >= 0.6 is 11.3 Å². The molecule has 0 unspecified atom stereocenters. The normalized spacial score (nSPS) is 12.1. The van der Waals surface area contributed by atoms with Crippen LogP contribution < -0.4 is 16.4 Å². The molecule has 0 aliphatic heterocycles. The summed E-state index contributed by atoms with van der Waals surface area (Å²) in [5.41, 5.74) is 7.94. The Morgan fingerprint density at radius 3 is 2.52 bits per heavy atom. The summed E-state index contributed by atoms with van der Waals surface area (Å²) in [5.74, 6) is -0.129. The van der Waals surface area contributed by atoms with Gasteiger partial charge < -0.3 is 16.4 Å². The molecule has 1 aromatic carbocycles. The number of benzene rings is 1. The fraction of sp³-hybridized carbons (Fsp3) is 0.333. The van der Waals surface area contributed by atoms with Gasteiger partial charge in [-0.15, -0.1) is 0 Å². The third kappa shape index (κ3) is 5.51. The Morgan fingerprint density at radius 2 is 1.79 bits per heavy atom. The van der Waals surface area contributed by atoms with Crippen molar-refractivity contribution in [3.63, 3.8) is 0 Å². The van der Waals surface area contributed by atoms with Crippen molar-refractivity contribution < 1.29 is 9.59 Å². The molecule has 3 aromatic rings. The second-order valence-corrected chi connectivity index (χ2v) is 8.51. The highest BCUT2D eigenvalue weighted by Gasteiger charge is 2.15. The van der Waals surface area contributed by atoms with Gasteiger partial charge in [0.1, 0.15) is 11.4 Å². The van der Waals surface area contributed by atoms with Crippen molar-refractivity contribution in [3.05, 3.63) is 53.3 Å². The molecular weight excluding hydrogens is 386 g/mol. The van der Waals surface area contributed by atoms with Crippen LogP contribution in [0.4, 0.5) is 5.13 Å². The molecule has 0 bridgehead atoms. The van der Waals surface area contributed by atoms with Crippen LogP contribution in [-0.2, 0) is 6.54 Å². The van der Waals surface area contributed by atoms with E-state index < -0.39 is 0 Å². The standard InChI is InChI=1S/C21H25N5O2S/c1-12(2)9-13(3)24-20(28)17-6-4-5-16(25-17)19(27)23-11-14-7-8-15-18(10-14)29-21(22)26-15/h4-8,10,12-13H,9,11H2,1-3H3,(H2,22,26)(H,23,27)(H,24,28)/t13-/m1/s1. The molecule has 8 heteroatoms. The average Bonchev–Trinajstić information content (AvgIpc) is 3.04. The second kappa shape index (κ2) is 9.00. The third-order valence-corrected chi connectivity index (χ3v) is 5.19. The van der Waals surface area contributed by atoms with Crippen LogP contribution in [0, 0.1) is 5.92 Å². The molecule has 29 heavy (non-hydrogen) atoms. The number of amides is 2. The molecule has 0 aliphatic carbocycles. The number of nitrogen functional groups attached to an aromatic ring is 1. The molecule has 2 aromatic heterocycles. The number of nitrogens with zero attached hydrogens (tertiary/aromatic N) is 2. The highest BCUT2D eigenvalue weighted by atomic mass is 32.1. The van der Waals surface area contributed by atoms with Gasteiger partial charge in [-0.05, 0) is 49.1 Å². The fourth-order valence-electron chi connectivity index (χ4n) is 3.12. The van der Waals surface area contributed by atoms with Crippen LogP contribution in [0.5, 0.6) is 0 Å². The Balaban J connectivity index is 1.63. The maximum atomic E-state index is 12.5. The second-order valence-electron chi connectivity index (χ2n) is 7.45. The third-order valence-electron chi connectivity index (χ3n) is 4.34. The van der Waals surface area contributed by atoms with Crippen molar-refractivity contribution in [2.45, 2.75) is 39.8 Å². The molecule has 0 saturated carbocycles. The number of pyridine rings is 1. The predicted octanol–water partition coefficient (Wildman–Crippen LogP) is 3.37. The lowest BCUT2D eigenvalue weighted by atomic mass is 10.1. The fourth-order valence-corrected chi connectivity index (χ4v) is 3.92. The molecule has 152 valence electrons. The molecule has 2 heterocycles. The first-order chi connectivity index (χ1) is 13.8. The molecule has 1 atom stereocenters. The minimum Gasteiger partial charge on any atom is -0.375 e. The van der Waals surface area contributed by atoms with Crippen molar-refractivity contribution in [1.82, 2.24) is 20.6 Å². The minimum absolute atomic E-state index is 0.0393. The van der Waals surface area contributed by atoms with E-state index in [9.17, 15) is 9.59 Å². The van der Waals surface area contributed by atoms with Gasteiger partial charge in [-0.25, -0.2) is 9.97 Å². The molecule has 3 rings (SSSR count). The van der Waals surface area contributed by atoms with Crippen molar-refractivity contribution in [1.29, 1.82) is 0 Å². The Kier molecular flexibility index (Phi) is 6.43. The van der Waals surface area contributed by atoms with E-state index in [1.165, 1.54) is 11.3 Å². The first-order valence-electron chi connectivity index (χ1n) is 9.53. The van der Waals surface area contributed by atoms with Crippen molar-refractivity contribution >= 4 is 38.5 Å². The Hall–Kier alpha value is -3.00. The number of nitrogens with one attached hydrogen (secondary N) is 2. The van der Waals surface area contributed by atoms with Gasteiger partial charge in [-0.1, -0.05) is 37.3 Å². The molecule has 0 fully saturated rings. The Bertz CT molecular complexity index is 1030. The van der Waals surface area contributed by atoms with Crippen LogP contribution in [0.25, 0.3) is 10.2 Å². The van der Waals surface area contributed by atoms with E-state index in [2.05, 4.69) is 34.4 Å². The van der Waals surface area contributed by atoms with Gasteiger partial charge in [-0.3, -0.25) is 9.59 Å². The van der Waals surface area contributed by atoms with Gasteiger partial charge in [0.2, 0.25) is 0 Å². The van der Waals surface area contributed by atoms with E-state index in [0.717, 1.165) is 22.2 Å². The van der Waals surface area contributed by atoms with Crippen molar-refractivity contribution in [3.8, 4) is 0 Å². The molecule has 0 saturated heterocycles. The topological polar surface area (TPSA) is 110 Å². The summed E-state index contributed by atoms with van der Waals surface area (Å²) in [7, 11) is 0. The lowest BCUT2D eigenvalue weighted by molar-refractivity contribution is 0.0930. The first-order valence-corrected chi connectivity index (χ1v) is 10.3. The van der Waals surface area contributed by atoms with Gasteiger partial charge in [0.25, 0.3) is 11.8 Å². The zero-order valence-electron chi connectivity index (χ0n) is 16.7. The first kappa shape index (κ1) is 20.7. The summed E-state index contributed by atoms with van der Waals surface area (Å²) >= 11 is 1.41. The van der Waals surface area contributed by atoms with Crippen LogP contribution in [0.15, 0.2) is 36.4 Å². The average molecular weight is 412 g/mol. The van der Waals surface area contributed by atoms with Crippen molar-refractivity contribution in [2.24, 2.45) is 5.92 Å². The zero-order chi connectivity index (χ0) is 21.0. The largest absolute Gasteiger partial charge is 0.375 e. The van der Waals surface area contributed by atoms with E-state index >= 15 is 0 Å². The maximum Gasteiger partial charge on any atom is 0.270 e. The highest BCUT2D eigenvalue weighted by molar-refractivity contribution is 7.22. The SMILES string of the molecule is CC(C)C[C@@H](C)NC(=O)c1cccc(C(=O)NCc2ccc3nc(N)sc3c2)n1. The summed E-state index contributed by atoms with van der Waals surface area (Å²) in [6.07, 6.45) is 0.877. The summed E-state index contributed by atoms with van der Waals surface area (Å²) in [5, 5.41) is 6.28. The van der Waals surface area contributed by atoms with E-state index in [4.69, 9.17) is 5.73 Å². The summed E-state index contributed by atoms with van der Waals surface area (Å²) < 4.78 is 0.974. The number of aromatic nitrogens is 2. The van der Waals surface area contributed by atoms with E-state index in [1.54, 1.807) is 18.2 Å². The number of hydrogen-bond donors (Lipinski definition) is 3. The quantitative estimate of drug-likeness (QED) is 0.552. The molecule has 0 radical (unpaired) electrons. The number of anilines is 1. The molecule has 0 spiro atoms. The number of hydrogen-bond acceptors (Lipinski definition) is 6. The Labute approximate surface area is 173 Å². The Morgan fingerprint density at radius 1 is 1.07 bits per heavy atom.